The van der Waals surface area contributed by atoms with E-state index in [0.717, 1.165) is 16.7 Å². The summed E-state index contributed by atoms with van der Waals surface area (Å²) in [5.74, 6) is 0. The zero-order chi connectivity index (χ0) is 13.5. The zero-order valence-electron chi connectivity index (χ0n) is 10.5. The molecule has 0 bridgehead atoms. The van der Waals surface area contributed by atoms with Crippen molar-refractivity contribution in [2.45, 2.75) is 12.5 Å². The number of benzene rings is 2. The van der Waals surface area contributed by atoms with Crippen LogP contribution in [0.3, 0.4) is 0 Å². The van der Waals surface area contributed by atoms with Crippen LogP contribution in [0.25, 0.3) is 21.6 Å². The van der Waals surface area contributed by atoms with Crippen molar-refractivity contribution in [3.8, 4) is 11.1 Å². The molecule has 4 nitrogen and oxygen atoms in total. The van der Waals surface area contributed by atoms with Gasteiger partial charge in [-0.2, -0.15) is 0 Å². The first kappa shape index (κ1) is 13.1. The maximum atomic E-state index is 9.93. The van der Waals surface area contributed by atoms with Gasteiger partial charge in [-0.25, -0.2) is 0 Å². The van der Waals surface area contributed by atoms with Crippen LogP contribution in [0.4, 0.5) is 0 Å². The molecule has 1 atom stereocenters. The van der Waals surface area contributed by atoms with E-state index < -0.39 is 6.10 Å². The van der Waals surface area contributed by atoms with Crippen molar-refractivity contribution in [1.82, 2.24) is 0 Å². The van der Waals surface area contributed by atoms with Gasteiger partial charge in [-0.3, -0.25) is 0 Å². The summed E-state index contributed by atoms with van der Waals surface area (Å²) in [6.07, 6.45) is -0.148. The molecule has 0 saturated carbocycles. The summed E-state index contributed by atoms with van der Waals surface area (Å²) in [7, 11) is 0. The lowest BCUT2D eigenvalue weighted by atomic mass is 10.0. The minimum Gasteiger partial charge on any atom is -0.388 e. The Kier molecular flexibility index (Phi) is 4.56. The van der Waals surface area contributed by atoms with Crippen LogP contribution >= 0.6 is 0 Å². The van der Waals surface area contributed by atoms with Gasteiger partial charge >= 0.3 is 0 Å². The largest absolute Gasteiger partial charge is 0.388 e. The van der Waals surface area contributed by atoms with Crippen molar-refractivity contribution < 1.29 is 5.11 Å². The Hall–Kier alpha value is -2.29. The van der Waals surface area contributed by atoms with E-state index in [2.05, 4.69) is 10.0 Å². The van der Waals surface area contributed by atoms with E-state index in [1.807, 2.05) is 54.6 Å². The molecule has 1 N–H and O–H groups in total. The third-order valence-corrected chi connectivity index (χ3v) is 2.97. The molecule has 0 heterocycles. The number of azide groups is 1. The molecule has 0 aliphatic carbocycles. The molecule has 1 unspecified atom stereocenters. The third-order valence-electron chi connectivity index (χ3n) is 2.97. The van der Waals surface area contributed by atoms with Crippen molar-refractivity contribution in [2.24, 2.45) is 5.11 Å². The van der Waals surface area contributed by atoms with Crippen LogP contribution in [0.2, 0.25) is 0 Å². The number of hydrogen-bond acceptors (Lipinski definition) is 2. The molecule has 19 heavy (non-hydrogen) atoms. The van der Waals surface area contributed by atoms with Crippen LogP contribution < -0.4 is 0 Å². The normalized spacial score (nSPS) is 11.6. The van der Waals surface area contributed by atoms with Crippen molar-refractivity contribution in [3.63, 3.8) is 0 Å². The van der Waals surface area contributed by atoms with Gasteiger partial charge in [0.1, 0.15) is 0 Å². The Morgan fingerprint density at radius 3 is 2.26 bits per heavy atom. The fourth-order valence-corrected chi connectivity index (χ4v) is 1.92. The number of aliphatic hydroxyl groups is 1. The Bertz CT molecular complexity index is 560. The SMILES string of the molecule is [N-]=[N+]=NCCC(O)c1ccc(-c2ccccc2)cc1. The topological polar surface area (TPSA) is 69.0 Å². The predicted molar refractivity (Wildman–Crippen MR) is 75.5 cm³/mol. The number of nitrogens with zero attached hydrogens (tertiary/aromatic N) is 3. The maximum absolute atomic E-state index is 9.93. The van der Waals surface area contributed by atoms with Crippen LogP contribution in [0.1, 0.15) is 18.1 Å². The average Bonchev–Trinajstić information content (AvgIpc) is 2.48. The Balaban J connectivity index is 2.08. The lowest BCUT2D eigenvalue weighted by molar-refractivity contribution is 0.170. The molecule has 2 aromatic carbocycles. The highest BCUT2D eigenvalue weighted by Crippen LogP contribution is 2.23. The molecule has 2 rings (SSSR count). The molecule has 0 aliphatic rings. The van der Waals surface area contributed by atoms with E-state index in [0.29, 0.717) is 13.0 Å². The lowest BCUT2D eigenvalue weighted by Gasteiger charge is -2.10. The van der Waals surface area contributed by atoms with Gasteiger partial charge in [0, 0.05) is 11.5 Å². The fraction of sp³-hybridized carbons (Fsp3) is 0.200. The molecule has 0 amide bonds. The summed E-state index contributed by atoms with van der Waals surface area (Å²) in [6.45, 7) is 0.304. The van der Waals surface area contributed by atoms with E-state index in [4.69, 9.17) is 5.53 Å². The standard InChI is InChI=1S/C15H15N3O/c16-18-17-11-10-15(19)14-8-6-13(7-9-14)12-4-2-1-3-5-12/h1-9,15,19H,10-11H2. The van der Waals surface area contributed by atoms with E-state index >= 15 is 0 Å². The molecule has 4 heteroatoms. The van der Waals surface area contributed by atoms with Gasteiger partial charge in [-0.05, 0) is 28.6 Å². The van der Waals surface area contributed by atoms with Gasteiger partial charge < -0.3 is 5.11 Å². The summed E-state index contributed by atoms with van der Waals surface area (Å²) >= 11 is 0. The third kappa shape index (κ3) is 3.58. The molecule has 0 saturated heterocycles. The van der Waals surface area contributed by atoms with Crippen LogP contribution in [0.15, 0.2) is 59.7 Å². The van der Waals surface area contributed by atoms with Gasteiger partial charge in [0.05, 0.1) is 6.10 Å². The highest BCUT2D eigenvalue weighted by molar-refractivity contribution is 5.63. The van der Waals surface area contributed by atoms with E-state index in [1.54, 1.807) is 0 Å². The molecule has 0 fully saturated rings. The fourth-order valence-electron chi connectivity index (χ4n) is 1.92. The van der Waals surface area contributed by atoms with Gasteiger partial charge in [-0.1, -0.05) is 59.7 Å². The highest BCUT2D eigenvalue weighted by atomic mass is 16.3. The first-order valence-electron chi connectivity index (χ1n) is 6.15. The highest BCUT2D eigenvalue weighted by Gasteiger charge is 2.06. The summed E-state index contributed by atoms with van der Waals surface area (Å²) < 4.78 is 0. The second kappa shape index (κ2) is 6.59. The maximum Gasteiger partial charge on any atom is 0.0791 e. The molecule has 0 radical (unpaired) electrons. The molecular weight excluding hydrogens is 238 g/mol. The molecule has 0 aliphatic heterocycles. The van der Waals surface area contributed by atoms with Gasteiger partial charge in [-0.15, -0.1) is 0 Å². The minimum atomic E-state index is -0.588. The number of rotatable bonds is 5. The molecule has 0 aromatic heterocycles. The second-order valence-corrected chi connectivity index (χ2v) is 4.25. The van der Waals surface area contributed by atoms with Crippen LogP contribution in [0, 0.1) is 0 Å². The first-order chi connectivity index (χ1) is 9.31. The molecule has 0 spiro atoms. The predicted octanol–water partition coefficient (Wildman–Crippen LogP) is 4.09. The molecule has 2 aromatic rings. The summed E-state index contributed by atoms with van der Waals surface area (Å²) in [5, 5.41) is 13.3. The van der Waals surface area contributed by atoms with Crippen LogP contribution in [0.5, 0.6) is 0 Å². The first-order valence-corrected chi connectivity index (χ1v) is 6.15. The Morgan fingerprint density at radius 2 is 1.63 bits per heavy atom. The van der Waals surface area contributed by atoms with E-state index in [9.17, 15) is 5.11 Å². The average molecular weight is 253 g/mol. The Labute approximate surface area is 112 Å². The Morgan fingerprint density at radius 1 is 1.00 bits per heavy atom. The van der Waals surface area contributed by atoms with E-state index in [-0.39, 0.29) is 0 Å². The van der Waals surface area contributed by atoms with Crippen molar-refractivity contribution in [1.29, 1.82) is 0 Å². The quantitative estimate of drug-likeness (QED) is 0.486. The van der Waals surface area contributed by atoms with Crippen molar-refractivity contribution >= 4 is 0 Å². The minimum absolute atomic E-state index is 0.304. The monoisotopic (exact) mass is 253 g/mol. The van der Waals surface area contributed by atoms with Crippen molar-refractivity contribution in [3.05, 3.63) is 70.6 Å². The summed E-state index contributed by atoms with van der Waals surface area (Å²) in [5.41, 5.74) is 11.3. The van der Waals surface area contributed by atoms with E-state index in [1.165, 1.54) is 0 Å². The smallest absolute Gasteiger partial charge is 0.0791 e. The lowest BCUT2D eigenvalue weighted by Crippen LogP contribution is -1.98. The van der Waals surface area contributed by atoms with Gasteiger partial charge in [0.25, 0.3) is 0 Å². The van der Waals surface area contributed by atoms with Crippen LogP contribution in [-0.4, -0.2) is 11.7 Å². The zero-order valence-corrected chi connectivity index (χ0v) is 10.5. The molecule has 96 valence electrons. The molecular formula is C15H15N3O. The van der Waals surface area contributed by atoms with Crippen LogP contribution in [-0.2, 0) is 0 Å². The second-order valence-electron chi connectivity index (χ2n) is 4.25. The van der Waals surface area contributed by atoms with Crippen molar-refractivity contribution in [2.75, 3.05) is 6.54 Å². The van der Waals surface area contributed by atoms with Gasteiger partial charge in [0.15, 0.2) is 0 Å². The number of aliphatic hydroxyl groups excluding tert-OH is 1. The summed E-state index contributed by atoms with van der Waals surface area (Å²) in [6, 6.07) is 17.9. The van der Waals surface area contributed by atoms with Gasteiger partial charge in [0.2, 0.25) is 0 Å². The summed E-state index contributed by atoms with van der Waals surface area (Å²) in [4.78, 5) is 2.67. The number of hydrogen-bond donors (Lipinski definition) is 1.